The summed E-state index contributed by atoms with van der Waals surface area (Å²) >= 11 is 0. The van der Waals surface area contributed by atoms with E-state index in [2.05, 4.69) is 44.2 Å². The second kappa shape index (κ2) is 13.1. The van der Waals surface area contributed by atoms with Crippen LogP contribution in [-0.2, 0) is 36.8 Å². The molecule has 0 spiro atoms. The molecule has 234 valence electrons. The number of aromatic amines is 1. The number of benzene rings is 3. The molecule has 5 aromatic rings. The summed E-state index contributed by atoms with van der Waals surface area (Å²) in [7, 11) is 0. The summed E-state index contributed by atoms with van der Waals surface area (Å²) in [6.45, 7) is 2.52. The van der Waals surface area contributed by atoms with E-state index in [1.165, 1.54) is 13.3 Å². The zero-order valence-corrected chi connectivity index (χ0v) is 25.0. The molecule has 1 N–H and O–H groups in total. The lowest BCUT2D eigenvalue weighted by molar-refractivity contribution is -0.165. The molecule has 7 rings (SSSR count). The third-order valence-electron chi connectivity index (χ3n) is 7.86. The number of carbonyl (C=O) groups excluding carboxylic acids is 1. The normalized spacial score (nSPS) is 22.3. The fourth-order valence-electron chi connectivity index (χ4n) is 5.73. The number of H-pyrrole nitrogens is 1. The van der Waals surface area contributed by atoms with Gasteiger partial charge in [0.15, 0.2) is 23.7 Å². The Morgan fingerprint density at radius 3 is 2.22 bits per heavy atom. The Balaban J connectivity index is 1.19. The maximum absolute atomic E-state index is 13.1. The first-order valence-electron chi connectivity index (χ1n) is 15.0. The predicted molar refractivity (Wildman–Crippen MR) is 168 cm³/mol. The Labute approximate surface area is 264 Å². The largest absolute Gasteiger partial charge is 0.463 e. The molecule has 12 nitrogen and oxygen atoms in total. The number of ether oxygens (including phenoxy) is 4. The van der Waals surface area contributed by atoms with Gasteiger partial charge in [0.1, 0.15) is 24.9 Å². The summed E-state index contributed by atoms with van der Waals surface area (Å²) in [4.78, 5) is 43.1. The number of hydrogen-bond donors (Lipinski definition) is 1. The maximum atomic E-state index is 13.1. The van der Waals surface area contributed by atoms with Crippen molar-refractivity contribution in [1.82, 2.24) is 24.4 Å². The highest BCUT2D eigenvalue weighted by Crippen LogP contribution is 2.44. The van der Waals surface area contributed by atoms with E-state index in [4.69, 9.17) is 18.9 Å². The zero-order chi connectivity index (χ0) is 31.5. The molecule has 12 heteroatoms. The van der Waals surface area contributed by atoms with Gasteiger partial charge in [0.25, 0.3) is 5.56 Å². The van der Waals surface area contributed by atoms with Crippen LogP contribution in [0.25, 0.3) is 11.2 Å². The van der Waals surface area contributed by atoms with Gasteiger partial charge in [0.2, 0.25) is 5.95 Å². The van der Waals surface area contributed by atoms with Crippen molar-refractivity contribution < 1.29 is 23.7 Å². The Morgan fingerprint density at radius 1 is 0.935 bits per heavy atom. The molecule has 0 aliphatic carbocycles. The van der Waals surface area contributed by atoms with Crippen molar-refractivity contribution in [1.29, 1.82) is 0 Å². The van der Waals surface area contributed by atoms with Crippen LogP contribution >= 0.6 is 0 Å². The Hall–Kier alpha value is -5.17. The van der Waals surface area contributed by atoms with Gasteiger partial charge in [0, 0.05) is 25.6 Å². The van der Waals surface area contributed by atoms with Gasteiger partial charge in [0.05, 0.1) is 12.7 Å². The van der Waals surface area contributed by atoms with Crippen LogP contribution in [0.15, 0.2) is 107 Å². The standard InChI is InChI=1S/C34H32N6O6/c1-22(41)43-19-26-28-29(46-33(45-28)25-15-9-4-10-16-25)32(44-26)40-21-35-27-30(40)37-34(38-31(27)42)36-20-39(17-23-11-5-2-6-12-23)18-24-13-7-3-8-14-24/h2-16,20-21,26,28-29,32-33H,17-19H2,1H3,(H,37,38,42)/b36-20+/t26-,28-,29-,32-,33?/m1/s1. The first-order chi connectivity index (χ1) is 22.5. The summed E-state index contributed by atoms with van der Waals surface area (Å²) in [5.74, 6) is -0.318. The summed E-state index contributed by atoms with van der Waals surface area (Å²) in [6.07, 6.45) is 0.0122. The monoisotopic (exact) mass is 620 g/mol. The van der Waals surface area contributed by atoms with Crippen LogP contribution in [0.4, 0.5) is 5.95 Å². The van der Waals surface area contributed by atoms with Crippen molar-refractivity contribution >= 4 is 29.4 Å². The Morgan fingerprint density at radius 2 is 1.57 bits per heavy atom. The highest BCUT2D eigenvalue weighted by molar-refractivity contribution is 5.71. The number of aromatic nitrogens is 4. The Bertz CT molecular complexity index is 1840. The van der Waals surface area contributed by atoms with E-state index in [0.717, 1.165) is 16.7 Å². The molecular weight excluding hydrogens is 588 g/mol. The van der Waals surface area contributed by atoms with Gasteiger partial charge in [-0.3, -0.25) is 19.1 Å². The molecule has 1 unspecified atom stereocenters. The van der Waals surface area contributed by atoms with E-state index >= 15 is 0 Å². The van der Waals surface area contributed by atoms with E-state index in [9.17, 15) is 9.59 Å². The minimum absolute atomic E-state index is 0.0211. The molecule has 3 aromatic carbocycles. The average molecular weight is 621 g/mol. The summed E-state index contributed by atoms with van der Waals surface area (Å²) in [6, 6.07) is 29.7. The van der Waals surface area contributed by atoms with Gasteiger partial charge in [-0.15, -0.1) is 0 Å². The van der Waals surface area contributed by atoms with Crippen LogP contribution in [0.3, 0.4) is 0 Å². The van der Waals surface area contributed by atoms with Crippen molar-refractivity contribution in [3.05, 3.63) is 124 Å². The SMILES string of the molecule is CC(=O)OC[C@H]1O[C@@H](n2cnc3c(=O)[nH]c(/N=C/N(Cc4ccccc4)Cc4ccccc4)nc32)[C@@H]2OC(c3ccccc3)O[C@@H]21. The number of nitrogens with one attached hydrogen (secondary N) is 1. The van der Waals surface area contributed by atoms with E-state index in [1.54, 1.807) is 10.9 Å². The molecule has 2 aliphatic heterocycles. The van der Waals surface area contributed by atoms with Crippen LogP contribution < -0.4 is 5.56 Å². The number of nitrogens with zero attached hydrogens (tertiary/aromatic N) is 5. The highest BCUT2D eigenvalue weighted by atomic mass is 16.8. The molecular formula is C34H32N6O6. The van der Waals surface area contributed by atoms with Crippen molar-refractivity contribution in [3.8, 4) is 0 Å². The predicted octanol–water partition coefficient (Wildman–Crippen LogP) is 4.43. The van der Waals surface area contributed by atoms with Gasteiger partial charge in [-0.05, 0) is 11.1 Å². The van der Waals surface area contributed by atoms with Gasteiger partial charge in [-0.25, -0.2) is 9.98 Å². The molecule has 0 bridgehead atoms. The van der Waals surface area contributed by atoms with E-state index in [-0.39, 0.29) is 23.7 Å². The molecule has 0 amide bonds. The smallest absolute Gasteiger partial charge is 0.302 e. The maximum Gasteiger partial charge on any atom is 0.302 e. The van der Waals surface area contributed by atoms with Crippen molar-refractivity contribution in [2.24, 2.45) is 4.99 Å². The topological polar surface area (TPSA) is 133 Å². The quantitative estimate of drug-likeness (QED) is 0.137. The number of imidazole rings is 1. The second-order valence-corrected chi connectivity index (χ2v) is 11.1. The Kier molecular flexibility index (Phi) is 8.38. The van der Waals surface area contributed by atoms with Gasteiger partial charge in [-0.1, -0.05) is 91.0 Å². The van der Waals surface area contributed by atoms with Crippen LogP contribution in [0, 0.1) is 0 Å². The zero-order valence-electron chi connectivity index (χ0n) is 25.0. The van der Waals surface area contributed by atoms with E-state index in [0.29, 0.717) is 13.1 Å². The van der Waals surface area contributed by atoms with Crippen LogP contribution in [-0.4, -0.2) is 61.6 Å². The van der Waals surface area contributed by atoms with Gasteiger partial charge >= 0.3 is 5.97 Å². The molecule has 0 saturated carbocycles. The van der Waals surface area contributed by atoms with E-state index in [1.807, 2.05) is 71.6 Å². The van der Waals surface area contributed by atoms with E-state index < -0.39 is 42.4 Å². The number of hydrogen-bond acceptors (Lipinski definition) is 9. The van der Waals surface area contributed by atoms with Crippen molar-refractivity contribution in [2.75, 3.05) is 6.61 Å². The molecule has 46 heavy (non-hydrogen) atoms. The summed E-state index contributed by atoms with van der Waals surface area (Å²) in [5, 5.41) is 0. The average Bonchev–Trinajstić information content (AvgIpc) is 3.79. The van der Waals surface area contributed by atoms with Gasteiger partial charge < -0.3 is 23.8 Å². The van der Waals surface area contributed by atoms with Crippen LogP contribution in [0.2, 0.25) is 0 Å². The first kappa shape index (κ1) is 29.5. The molecule has 2 aliphatic rings. The third kappa shape index (κ3) is 6.31. The number of rotatable bonds is 10. The second-order valence-electron chi connectivity index (χ2n) is 11.1. The fraction of sp³-hybridized carbons (Fsp3) is 0.265. The van der Waals surface area contributed by atoms with Crippen LogP contribution in [0.5, 0.6) is 0 Å². The number of esters is 1. The lowest BCUT2D eigenvalue weighted by Gasteiger charge is -2.21. The van der Waals surface area contributed by atoms with Crippen molar-refractivity contribution in [2.45, 2.75) is 50.8 Å². The fourth-order valence-corrected chi connectivity index (χ4v) is 5.73. The lowest BCUT2D eigenvalue weighted by atomic mass is 10.1. The lowest BCUT2D eigenvalue weighted by Crippen LogP contribution is -2.32. The molecule has 2 fully saturated rings. The third-order valence-corrected chi connectivity index (χ3v) is 7.86. The number of carbonyl (C=O) groups is 1. The number of fused-ring (bicyclic) bond motifs is 2. The first-order valence-corrected chi connectivity index (χ1v) is 15.0. The molecule has 0 radical (unpaired) electrons. The molecule has 4 heterocycles. The number of aliphatic imine (C=N–C) groups is 1. The summed E-state index contributed by atoms with van der Waals surface area (Å²) < 4.78 is 25.9. The highest BCUT2D eigenvalue weighted by Gasteiger charge is 2.54. The molecule has 2 aromatic heterocycles. The van der Waals surface area contributed by atoms with Crippen molar-refractivity contribution in [3.63, 3.8) is 0 Å². The minimum atomic E-state index is -0.761. The summed E-state index contributed by atoms with van der Waals surface area (Å²) in [5.41, 5.74) is 3.04. The molecule has 5 atom stereocenters. The van der Waals surface area contributed by atoms with Crippen LogP contribution in [0.1, 0.15) is 36.1 Å². The van der Waals surface area contributed by atoms with Gasteiger partial charge in [-0.2, -0.15) is 4.98 Å². The minimum Gasteiger partial charge on any atom is -0.463 e. The molecule has 2 saturated heterocycles.